The molecule has 0 fully saturated rings. The second-order valence-electron chi connectivity index (χ2n) is 7.31. The van der Waals surface area contributed by atoms with E-state index >= 15 is 0 Å². The van der Waals surface area contributed by atoms with E-state index in [1.165, 1.54) is 12.1 Å². The first-order valence-electron chi connectivity index (χ1n) is 10.0. The highest BCUT2D eigenvalue weighted by Crippen LogP contribution is 2.24. The molecule has 154 valence electrons. The Balaban J connectivity index is 1.73. The number of nitro benzene ring substituents is 1. The van der Waals surface area contributed by atoms with Gasteiger partial charge in [-0.05, 0) is 47.4 Å². The zero-order valence-corrected chi connectivity index (χ0v) is 16.9. The molecule has 5 aromatic rings. The van der Waals surface area contributed by atoms with Crippen molar-refractivity contribution < 1.29 is 4.92 Å². The van der Waals surface area contributed by atoms with Gasteiger partial charge >= 0.3 is 0 Å². The van der Waals surface area contributed by atoms with Gasteiger partial charge in [-0.1, -0.05) is 54.6 Å². The molecule has 0 aliphatic heterocycles. The Bertz CT molecular complexity index is 1560. The van der Waals surface area contributed by atoms with E-state index in [4.69, 9.17) is 4.98 Å². The third-order valence-electron chi connectivity index (χ3n) is 5.34. The molecule has 0 atom stereocenters. The molecule has 5 rings (SSSR count). The van der Waals surface area contributed by atoms with Crippen molar-refractivity contribution in [3.8, 4) is 5.69 Å². The standard InChI is InChI=1S/C26H17N3O3/c30-26-22-9-3-4-10-23(22)27-25(17-14-18-12-15-20(16-13-18)29(31)32)28(26)24-11-5-7-19-6-1-2-8-21(19)24/h1-17H/b17-14+. The number of aromatic nitrogens is 2. The quantitative estimate of drug-likeness (QED) is 0.280. The minimum Gasteiger partial charge on any atom is -0.268 e. The highest BCUT2D eigenvalue weighted by atomic mass is 16.6. The van der Waals surface area contributed by atoms with E-state index in [1.54, 1.807) is 34.9 Å². The third kappa shape index (κ3) is 3.44. The van der Waals surface area contributed by atoms with Crippen molar-refractivity contribution in [2.24, 2.45) is 0 Å². The fourth-order valence-corrected chi connectivity index (χ4v) is 3.78. The minimum atomic E-state index is -0.434. The molecule has 0 radical (unpaired) electrons. The molecule has 0 N–H and O–H groups in total. The predicted molar refractivity (Wildman–Crippen MR) is 127 cm³/mol. The first-order valence-corrected chi connectivity index (χ1v) is 10.0. The Morgan fingerprint density at radius 1 is 0.781 bits per heavy atom. The molecule has 0 aliphatic carbocycles. The molecule has 0 saturated heterocycles. The predicted octanol–water partition coefficient (Wildman–Crippen LogP) is 5.62. The van der Waals surface area contributed by atoms with Gasteiger partial charge in [-0.3, -0.25) is 19.5 Å². The summed E-state index contributed by atoms with van der Waals surface area (Å²) in [6.07, 6.45) is 3.55. The lowest BCUT2D eigenvalue weighted by Crippen LogP contribution is -2.22. The van der Waals surface area contributed by atoms with Crippen LogP contribution >= 0.6 is 0 Å². The molecule has 4 aromatic carbocycles. The summed E-state index contributed by atoms with van der Waals surface area (Å²) in [5, 5.41) is 13.4. The van der Waals surface area contributed by atoms with Crippen LogP contribution in [-0.4, -0.2) is 14.5 Å². The lowest BCUT2D eigenvalue weighted by Gasteiger charge is -2.14. The average Bonchev–Trinajstić information content (AvgIpc) is 2.83. The Hall–Kier alpha value is -4.58. The van der Waals surface area contributed by atoms with Crippen LogP contribution in [0.1, 0.15) is 11.4 Å². The number of hydrogen-bond acceptors (Lipinski definition) is 4. The normalized spacial score (nSPS) is 11.4. The summed E-state index contributed by atoms with van der Waals surface area (Å²) in [4.78, 5) is 28.8. The van der Waals surface area contributed by atoms with Gasteiger partial charge in [0.1, 0.15) is 5.82 Å². The number of nitro groups is 1. The maximum Gasteiger partial charge on any atom is 0.269 e. The highest BCUT2D eigenvalue weighted by molar-refractivity contribution is 5.91. The second-order valence-corrected chi connectivity index (χ2v) is 7.31. The van der Waals surface area contributed by atoms with Crippen LogP contribution in [0.3, 0.4) is 0 Å². The van der Waals surface area contributed by atoms with Crippen molar-refractivity contribution in [1.82, 2.24) is 9.55 Å². The van der Waals surface area contributed by atoms with Gasteiger partial charge in [-0.25, -0.2) is 4.98 Å². The topological polar surface area (TPSA) is 78.0 Å². The SMILES string of the molecule is O=c1c2ccccc2nc(/C=C/c2ccc([N+](=O)[O-])cc2)n1-c1cccc2ccccc12. The lowest BCUT2D eigenvalue weighted by atomic mass is 10.1. The molecule has 0 saturated carbocycles. The Kier molecular flexibility index (Phi) is 4.80. The van der Waals surface area contributed by atoms with Crippen molar-refractivity contribution in [3.63, 3.8) is 0 Å². The molecule has 32 heavy (non-hydrogen) atoms. The molecular formula is C26H17N3O3. The number of nitrogens with zero attached hydrogens (tertiary/aromatic N) is 3. The summed E-state index contributed by atoms with van der Waals surface area (Å²) in [6.45, 7) is 0. The fourth-order valence-electron chi connectivity index (χ4n) is 3.78. The van der Waals surface area contributed by atoms with Crippen molar-refractivity contribution in [2.45, 2.75) is 0 Å². The summed E-state index contributed by atoms with van der Waals surface area (Å²) in [5.74, 6) is 0.475. The van der Waals surface area contributed by atoms with E-state index < -0.39 is 4.92 Å². The van der Waals surface area contributed by atoms with Crippen LogP contribution in [0.2, 0.25) is 0 Å². The zero-order chi connectivity index (χ0) is 22.1. The molecule has 6 nitrogen and oxygen atoms in total. The van der Waals surface area contributed by atoms with Crippen LogP contribution in [0.5, 0.6) is 0 Å². The lowest BCUT2D eigenvalue weighted by molar-refractivity contribution is -0.384. The highest BCUT2D eigenvalue weighted by Gasteiger charge is 2.13. The molecule has 1 aromatic heterocycles. The van der Waals surface area contributed by atoms with Crippen LogP contribution in [0.25, 0.3) is 39.5 Å². The number of fused-ring (bicyclic) bond motifs is 2. The van der Waals surface area contributed by atoms with E-state index in [9.17, 15) is 14.9 Å². The van der Waals surface area contributed by atoms with E-state index in [2.05, 4.69) is 0 Å². The number of para-hydroxylation sites is 1. The summed E-state index contributed by atoms with van der Waals surface area (Å²) in [6, 6.07) is 27.2. The number of benzene rings is 4. The first kappa shape index (κ1) is 19.4. The molecule has 1 heterocycles. The van der Waals surface area contributed by atoms with Crippen LogP contribution in [0.15, 0.2) is 95.8 Å². The van der Waals surface area contributed by atoms with Crippen LogP contribution < -0.4 is 5.56 Å². The average molecular weight is 419 g/mol. The van der Waals surface area contributed by atoms with Crippen LogP contribution in [0, 0.1) is 10.1 Å². The smallest absolute Gasteiger partial charge is 0.268 e. The van der Waals surface area contributed by atoms with Gasteiger partial charge in [0, 0.05) is 17.5 Å². The minimum absolute atomic E-state index is 0.0265. The Morgan fingerprint density at radius 3 is 2.25 bits per heavy atom. The van der Waals surface area contributed by atoms with E-state index in [0.717, 1.165) is 22.0 Å². The Labute approximate surface area is 182 Å². The van der Waals surface area contributed by atoms with Gasteiger partial charge in [-0.2, -0.15) is 0 Å². The summed E-state index contributed by atoms with van der Waals surface area (Å²) in [5.41, 5.74) is 1.99. The molecule has 0 bridgehead atoms. The molecule has 0 aliphatic rings. The monoisotopic (exact) mass is 419 g/mol. The molecule has 0 amide bonds. The van der Waals surface area contributed by atoms with Crippen LogP contribution in [0.4, 0.5) is 5.69 Å². The van der Waals surface area contributed by atoms with Gasteiger partial charge in [0.05, 0.1) is 21.5 Å². The van der Waals surface area contributed by atoms with Crippen molar-refractivity contribution >= 4 is 39.5 Å². The van der Waals surface area contributed by atoms with Gasteiger partial charge in [0.25, 0.3) is 11.2 Å². The fraction of sp³-hybridized carbons (Fsp3) is 0. The maximum absolute atomic E-state index is 13.5. The molecule has 6 heteroatoms. The van der Waals surface area contributed by atoms with E-state index in [-0.39, 0.29) is 11.2 Å². The van der Waals surface area contributed by atoms with Crippen molar-refractivity contribution in [2.75, 3.05) is 0 Å². The number of rotatable bonds is 4. The first-order chi connectivity index (χ1) is 15.6. The second kappa shape index (κ2) is 7.92. The molecular weight excluding hydrogens is 402 g/mol. The van der Waals surface area contributed by atoms with Gasteiger partial charge < -0.3 is 0 Å². The molecule has 0 unspecified atom stereocenters. The summed E-state index contributed by atoms with van der Waals surface area (Å²) >= 11 is 0. The maximum atomic E-state index is 13.5. The Morgan fingerprint density at radius 2 is 1.47 bits per heavy atom. The number of non-ortho nitro benzene ring substituents is 1. The molecule has 0 spiro atoms. The largest absolute Gasteiger partial charge is 0.269 e. The summed E-state index contributed by atoms with van der Waals surface area (Å²) < 4.78 is 1.62. The van der Waals surface area contributed by atoms with Crippen molar-refractivity contribution in [3.05, 3.63) is 123 Å². The van der Waals surface area contributed by atoms with Crippen LogP contribution in [-0.2, 0) is 0 Å². The van der Waals surface area contributed by atoms with Gasteiger partial charge in [0.2, 0.25) is 0 Å². The summed E-state index contributed by atoms with van der Waals surface area (Å²) in [7, 11) is 0. The third-order valence-corrected chi connectivity index (χ3v) is 5.34. The van der Waals surface area contributed by atoms with Crippen molar-refractivity contribution in [1.29, 1.82) is 0 Å². The van der Waals surface area contributed by atoms with Gasteiger partial charge in [-0.15, -0.1) is 0 Å². The van der Waals surface area contributed by atoms with E-state index in [0.29, 0.717) is 16.7 Å². The zero-order valence-electron chi connectivity index (χ0n) is 16.9. The van der Waals surface area contributed by atoms with Gasteiger partial charge in [0.15, 0.2) is 0 Å². The van der Waals surface area contributed by atoms with E-state index in [1.807, 2.05) is 60.7 Å². The number of hydrogen-bond donors (Lipinski definition) is 0.